The number of hydrogen-bond acceptors (Lipinski definition) is 4. The second kappa shape index (κ2) is 8.60. The monoisotopic (exact) mass is 327 g/mol. The van der Waals surface area contributed by atoms with Gasteiger partial charge in [-0.15, -0.1) is 12.4 Å². The third-order valence-electron chi connectivity index (χ3n) is 3.59. The van der Waals surface area contributed by atoms with Crippen molar-refractivity contribution in [1.82, 2.24) is 9.80 Å². The Bertz CT molecular complexity index is 499. The standard InChI is InChI=1S/C15H21N3O3.ClH/c1-21-11-15(20)18-8-6-17(7-9-18)14(19)10-12-2-4-13(16)5-3-12;/h2-5H,6-11,16H2,1H3;1H. The molecule has 6 nitrogen and oxygen atoms in total. The number of halogens is 1. The largest absolute Gasteiger partial charge is 0.399 e. The van der Waals surface area contributed by atoms with Crippen LogP contribution in [0.3, 0.4) is 0 Å². The molecule has 0 unspecified atom stereocenters. The molecule has 1 aliphatic heterocycles. The molecule has 0 saturated carbocycles. The maximum atomic E-state index is 12.2. The van der Waals surface area contributed by atoms with Crippen molar-refractivity contribution in [3.05, 3.63) is 29.8 Å². The van der Waals surface area contributed by atoms with E-state index in [0.717, 1.165) is 5.56 Å². The van der Waals surface area contributed by atoms with Crippen LogP contribution in [0.4, 0.5) is 5.69 Å². The predicted molar refractivity (Wildman–Crippen MR) is 86.8 cm³/mol. The summed E-state index contributed by atoms with van der Waals surface area (Å²) in [6.07, 6.45) is 0.367. The number of nitrogen functional groups attached to an aromatic ring is 1. The fourth-order valence-electron chi connectivity index (χ4n) is 2.34. The number of amides is 2. The maximum absolute atomic E-state index is 12.2. The average Bonchev–Trinajstić information content (AvgIpc) is 2.50. The highest BCUT2D eigenvalue weighted by molar-refractivity contribution is 5.85. The van der Waals surface area contributed by atoms with Crippen molar-refractivity contribution in [2.75, 3.05) is 45.6 Å². The van der Waals surface area contributed by atoms with Crippen LogP contribution in [0.25, 0.3) is 0 Å². The highest BCUT2D eigenvalue weighted by Gasteiger charge is 2.23. The van der Waals surface area contributed by atoms with Crippen LogP contribution in [0.5, 0.6) is 0 Å². The van der Waals surface area contributed by atoms with Crippen molar-refractivity contribution in [1.29, 1.82) is 0 Å². The molecule has 1 aromatic carbocycles. The van der Waals surface area contributed by atoms with E-state index in [-0.39, 0.29) is 30.8 Å². The molecule has 0 spiro atoms. The molecule has 0 aliphatic carbocycles. The molecule has 1 aromatic rings. The quantitative estimate of drug-likeness (QED) is 0.819. The molecule has 0 radical (unpaired) electrons. The minimum atomic E-state index is -0.0249. The van der Waals surface area contributed by atoms with Crippen LogP contribution in [0.1, 0.15) is 5.56 Å². The Morgan fingerprint density at radius 1 is 1.05 bits per heavy atom. The van der Waals surface area contributed by atoms with Crippen LogP contribution in [-0.2, 0) is 20.7 Å². The lowest BCUT2D eigenvalue weighted by Gasteiger charge is -2.34. The van der Waals surface area contributed by atoms with Gasteiger partial charge < -0.3 is 20.3 Å². The fourth-order valence-corrected chi connectivity index (χ4v) is 2.34. The number of nitrogens with zero attached hydrogens (tertiary/aromatic N) is 2. The summed E-state index contributed by atoms with van der Waals surface area (Å²) < 4.78 is 4.84. The van der Waals surface area contributed by atoms with E-state index >= 15 is 0 Å². The summed E-state index contributed by atoms with van der Waals surface area (Å²) in [4.78, 5) is 27.4. The lowest BCUT2D eigenvalue weighted by Crippen LogP contribution is -2.51. The van der Waals surface area contributed by atoms with Crippen LogP contribution in [0.2, 0.25) is 0 Å². The highest BCUT2D eigenvalue weighted by atomic mass is 35.5. The second-order valence-electron chi connectivity index (χ2n) is 5.11. The Labute approximate surface area is 136 Å². The van der Waals surface area contributed by atoms with Gasteiger partial charge in [-0.05, 0) is 17.7 Å². The molecule has 0 atom stereocenters. The van der Waals surface area contributed by atoms with Gasteiger partial charge in [-0.3, -0.25) is 9.59 Å². The molecule has 2 N–H and O–H groups in total. The fraction of sp³-hybridized carbons (Fsp3) is 0.467. The molecule has 0 aromatic heterocycles. The second-order valence-corrected chi connectivity index (χ2v) is 5.11. The number of carbonyl (C=O) groups is 2. The average molecular weight is 328 g/mol. The molecule has 1 saturated heterocycles. The Balaban J connectivity index is 0.00000242. The molecule has 1 heterocycles. The number of rotatable bonds is 4. The molecule has 7 heteroatoms. The van der Waals surface area contributed by atoms with Gasteiger partial charge in [0.1, 0.15) is 6.61 Å². The Morgan fingerprint density at radius 2 is 1.55 bits per heavy atom. The molecule has 1 fully saturated rings. The lowest BCUT2D eigenvalue weighted by molar-refractivity contribution is -0.141. The summed E-state index contributed by atoms with van der Waals surface area (Å²) in [7, 11) is 1.50. The predicted octanol–water partition coefficient (Wildman–Crippen LogP) is 0.550. The first-order chi connectivity index (χ1) is 10.1. The zero-order valence-electron chi connectivity index (χ0n) is 12.7. The SMILES string of the molecule is COCC(=O)N1CCN(C(=O)Cc2ccc(N)cc2)CC1.Cl. The Hall–Kier alpha value is -1.79. The molecular weight excluding hydrogens is 306 g/mol. The summed E-state index contributed by atoms with van der Waals surface area (Å²) >= 11 is 0. The first-order valence-electron chi connectivity index (χ1n) is 6.99. The van der Waals surface area contributed by atoms with Crippen molar-refractivity contribution in [2.45, 2.75) is 6.42 Å². The maximum Gasteiger partial charge on any atom is 0.248 e. The number of nitrogens with two attached hydrogens (primary N) is 1. The Kier molecular flexibility index (Phi) is 7.14. The molecule has 1 aliphatic rings. The molecule has 122 valence electrons. The van der Waals surface area contributed by atoms with Crippen LogP contribution in [0, 0.1) is 0 Å². The zero-order valence-corrected chi connectivity index (χ0v) is 13.5. The number of piperazine rings is 1. The minimum Gasteiger partial charge on any atom is -0.399 e. The van der Waals surface area contributed by atoms with E-state index in [1.54, 1.807) is 21.9 Å². The van der Waals surface area contributed by atoms with Crippen molar-refractivity contribution >= 4 is 29.9 Å². The van der Waals surface area contributed by atoms with Gasteiger partial charge in [0.05, 0.1) is 6.42 Å². The molecule has 22 heavy (non-hydrogen) atoms. The molecule has 2 amide bonds. The molecule has 0 bridgehead atoms. The summed E-state index contributed by atoms with van der Waals surface area (Å²) in [6, 6.07) is 7.32. The third-order valence-corrected chi connectivity index (χ3v) is 3.59. The zero-order chi connectivity index (χ0) is 15.2. The van der Waals surface area contributed by atoms with Gasteiger partial charge in [-0.2, -0.15) is 0 Å². The number of anilines is 1. The van der Waals surface area contributed by atoms with Crippen molar-refractivity contribution in [3.8, 4) is 0 Å². The topological polar surface area (TPSA) is 75.9 Å². The van der Waals surface area contributed by atoms with Gasteiger partial charge in [0.25, 0.3) is 0 Å². The van der Waals surface area contributed by atoms with Gasteiger partial charge in [-0.1, -0.05) is 12.1 Å². The van der Waals surface area contributed by atoms with E-state index in [4.69, 9.17) is 10.5 Å². The van der Waals surface area contributed by atoms with Gasteiger partial charge >= 0.3 is 0 Å². The van der Waals surface area contributed by atoms with Crippen molar-refractivity contribution in [3.63, 3.8) is 0 Å². The number of ether oxygens (including phenoxy) is 1. The van der Waals surface area contributed by atoms with Gasteiger partial charge in [0.15, 0.2) is 0 Å². The first kappa shape index (κ1) is 18.3. The number of methoxy groups -OCH3 is 1. The number of hydrogen-bond donors (Lipinski definition) is 1. The van der Waals surface area contributed by atoms with Gasteiger partial charge in [0, 0.05) is 39.0 Å². The minimum absolute atomic E-state index is 0. The number of benzene rings is 1. The molecule has 2 rings (SSSR count). The van der Waals surface area contributed by atoms with Crippen LogP contribution in [0.15, 0.2) is 24.3 Å². The highest BCUT2D eigenvalue weighted by Crippen LogP contribution is 2.09. The lowest BCUT2D eigenvalue weighted by atomic mass is 10.1. The van der Waals surface area contributed by atoms with Crippen molar-refractivity contribution < 1.29 is 14.3 Å². The first-order valence-corrected chi connectivity index (χ1v) is 6.99. The van der Waals surface area contributed by atoms with Crippen LogP contribution >= 0.6 is 12.4 Å². The molecular formula is C15H22ClN3O3. The van der Waals surface area contributed by atoms with Crippen molar-refractivity contribution in [2.24, 2.45) is 0 Å². The van der Waals surface area contributed by atoms with Gasteiger partial charge in [-0.25, -0.2) is 0 Å². The summed E-state index contributed by atoms with van der Waals surface area (Å²) in [6.45, 7) is 2.37. The summed E-state index contributed by atoms with van der Waals surface area (Å²) in [5.74, 6) is 0.0572. The van der Waals surface area contributed by atoms with Crippen LogP contribution in [-0.4, -0.2) is 61.5 Å². The smallest absolute Gasteiger partial charge is 0.248 e. The van der Waals surface area contributed by atoms with E-state index < -0.39 is 0 Å². The summed E-state index contributed by atoms with van der Waals surface area (Å²) in [5, 5.41) is 0. The van der Waals surface area contributed by atoms with E-state index in [9.17, 15) is 9.59 Å². The van der Waals surface area contributed by atoms with Crippen LogP contribution < -0.4 is 5.73 Å². The van der Waals surface area contributed by atoms with E-state index in [0.29, 0.717) is 38.3 Å². The van der Waals surface area contributed by atoms with E-state index in [1.807, 2.05) is 12.1 Å². The summed E-state index contributed by atoms with van der Waals surface area (Å²) in [5.41, 5.74) is 7.27. The van der Waals surface area contributed by atoms with E-state index in [2.05, 4.69) is 0 Å². The normalized spacial score (nSPS) is 14.4. The van der Waals surface area contributed by atoms with E-state index in [1.165, 1.54) is 7.11 Å². The van der Waals surface area contributed by atoms with Gasteiger partial charge in [0.2, 0.25) is 11.8 Å². The number of carbonyl (C=O) groups excluding carboxylic acids is 2. The Morgan fingerprint density at radius 3 is 2.05 bits per heavy atom. The third kappa shape index (κ3) is 4.89.